The zero-order valence-corrected chi connectivity index (χ0v) is 11.3. The minimum absolute atomic E-state index is 0.0370. The predicted molar refractivity (Wildman–Crippen MR) is 69.0 cm³/mol. The van der Waals surface area contributed by atoms with E-state index in [0.29, 0.717) is 19.0 Å². The second kappa shape index (κ2) is 6.73. The van der Waals surface area contributed by atoms with Crippen molar-refractivity contribution in [2.45, 2.75) is 45.6 Å². The topological polar surface area (TPSA) is 83.6 Å². The molecule has 2 atom stereocenters. The number of rotatable bonds is 6. The maximum atomic E-state index is 12.4. The summed E-state index contributed by atoms with van der Waals surface area (Å²) in [5.41, 5.74) is 5.67. The first kappa shape index (κ1) is 15.0. The van der Waals surface area contributed by atoms with Crippen LogP contribution in [0, 0.1) is 11.8 Å². The van der Waals surface area contributed by atoms with Gasteiger partial charge in [-0.2, -0.15) is 0 Å². The maximum Gasteiger partial charge on any atom is 0.305 e. The van der Waals surface area contributed by atoms with Crippen LogP contribution in [0.15, 0.2) is 0 Å². The van der Waals surface area contributed by atoms with E-state index in [1.807, 2.05) is 0 Å². The maximum absolute atomic E-state index is 12.4. The normalized spacial score (nSPS) is 21.3. The van der Waals surface area contributed by atoms with Crippen molar-refractivity contribution in [1.29, 1.82) is 0 Å². The Kier molecular flexibility index (Phi) is 5.59. The highest BCUT2D eigenvalue weighted by molar-refractivity contribution is 5.80. The first-order valence-corrected chi connectivity index (χ1v) is 6.68. The molecular weight excluding hydrogens is 232 g/mol. The summed E-state index contributed by atoms with van der Waals surface area (Å²) in [5, 5.41) is 8.85. The van der Waals surface area contributed by atoms with E-state index in [1.165, 1.54) is 0 Å². The smallest absolute Gasteiger partial charge is 0.305 e. The number of carbonyl (C=O) groups is 2. The van der Waals surface area contributed by atoms with Gasteiger partial charge in [-0.05, 0) is 25.2 Å². The molecule has 0 aromatic carbocycles. The van der Waals surface area contributed by atoms with E-state index in [2.05, 4.69) is 13.8 Å². The molecule has 1 saturated heterocycles. The van der Waals surface area contributed by atoms with E-state index < -0.39 is 5.97 Å². The molecule has 1 heterocycles. The minimum Gasteiger partial charge on any atom is -0.481 e. The Hall–Kier alpha value is -1.10. The van der Waals surface area contributed by atoms with Crippen molar-refractivity contribution >= 4 is 11.9 Å². The molecule has 1 rings (SSSR count). The van der Waals surface area contributed by atoms with Crippen molar-refractivity contribution < 1.29 is 14.7 Å². The lowest BCUT2D eigenvalue weighted by Gasteiger charge is -2.28. The Morgan fingerprint density at radius 3 is 2.61 bits per heavy atom. The van der Waals surface area contributed by atoms with Crippen LogP contribution in [-0.4, -0.2) is 41.0 Å². The van der Waals surface area contributed by atoms with Crippen LogP contribution in [0.5, 0.6) is 0 Å². The molecule has 0 saturated carbocycles. The zero-order valence-electron chi connectivity index (χ0n) is 11.3. The van der Waals surface area contributed by atoms with Crippen LogP contribution in [-0.2, 0) is 9.59 Å². The number of amides is 1. The monoisotopic (exact) mass is 256 g/mol. The van der Waals surface area contributed by atoms with Gasteiger partial charge >= 0.3 is 5.97 Å². The highest BCUT2D eigenvalue weighted by Crippen LogP contribution is 2.24. The summed E-state index contributed by atoms with van der Waals surface area (Å²) < 4.78 is 0. The average Bonchev–Trinajstić information content (AvgIpc) is 2.71. The van der Waals surface area contributed by atoms with Crippen LogP contribution in [0.3, 0.4) is 0 Å². The summed E-state index contributed by atoms with van der Waals surface area (Å²) in [5.74, 6) is -0.551. The van der Waals surface area contributed by atoms with E-state index in [-0.39, 0.29) is 24.3 Å². The van der Waals surface area contributed by atoms with Gasteiger partial charge in [-0.3, -0.25) is 9.59 Å². The molecule has 1 aliphatic rings. The quantitative estimate of drug-likeness (QED) is 0.744. The van der Waals surface area contributed by atoms with Crippen LogP contribution in [0.1, 0.15) is 39.5 Å². The van der Waals surface area contributed by atoms with Crippen molar-refractivity contribution in [3.63, 3.8) is 0 Å². The van der Waals surface area contributed by atoms with Gasteiger partial charge in [0.2, 0.25) is 5.91 Å². The molecule has 0 bridgehead atoms. The molecule has 0 spiro atoms. The highest BCUT2D eigenvalue weighted by atomic mass is 16.4. The fourth-order valence-corrected chi connectivity index (χ4v) is 2.64. The van der Waals surface area contributed by atoms with Crippen LogP contribution in [0.2, 0.25) is 0 Å². The first-order chi connectivity index (χ1) is 8.45. The van der Waals surface area contributed by atoms with Crippen LogP contribution in [0.4, 0.5) is 0 Å². The SMILES string of the molecule is CC(C)CC(CN)C(=O)N1CCCC1CC(=O)O. The van der Waals surface area contributed by atoms with Gasteiger partial charge in [0, 0.05) is 19.1 Å². The number of hydrogen-bond donors (Lipinski definition) is 2. The Morgan fingerprint density at radius 1 is 1.44 bits per heavy atom. The summed E-state index contributed by atoms with van der Waals surface area (Å²) in [7, 11) is 0. The summed E-state index contributed by atoms with van der Waals surface area (Å²) in [6.45, 7) is 5.14. The molecule has 1 aliphatic heterocycles. The molecule has 5 nitrogen and oxygen atoms in total. The van der Waals surface area contributed by atoms with Crippen molar-refractivity contribution in [1.82, 2.24) is 4.90 Å². The number of hydrogen-bond acceptors (Lipinski definition) is 3. The number of carbonyl (C=O) groups excluding carboxylic acids is 1. The summed E-state index contributed by atoms with van der Waals surface area (Å²) >= 11 is 0. The van der Waals surface area contributed by atoms with E-state index in [9.17, 15) is 9.59 Å². The lowest BCUT2D eigenvalue weighted by molar-refractivity contribution is -0.141. The molecule has 0 aromatic heterocycles. The van der Waals surface area contributed by atoms with Gasteiger partial charge in [0.1, 0.15) is 0 Å². The molecule has 1 fully saturated rings. The van der Waals surface area contributed by atoms with Crippen LogP contribution < -0.4 is 5.73 Å². The van der Waals surface area contributed by atoms with Crippen LogP contribution in [0.25, 0.3) is 0 Å². The number of carboxylic acid groups (broad SMARTS) is 1. The molecule has 1 amide bonds. The molecular formula is C13H24N2O3. The summed E-state index contributed by atoms with van der Waals surface area (Å²) in [4.78, 5) is 24.9. The molecule has 104 valence electrons. The molecule has 0 aromatic rings. The number of carboxylic acids is 1. The molecule has 0 aliphatic carbocycles. The second-order valence-corrected chi connectivity index (χ2v) is 5.49. The molecule has 3 N–H and O–H groups in total. The first-order valence-electron chi connectivity index (χ1n) is 6.68. The molecule has 18 heavy (non-hydrogen) atoms. The fraction of sp³-hybridized carbons (Fsp3) is 0.846. The van der Waals surface area contributed by atoms with E-state index in [1.54, 1.807) is 4.90 Å². The van der Waals surface area contributed by atoms with Gasteiger partial charge in [-0.25, -0.2) is 0 Å². The van der Waals surface area contributed by atoms with E-state index >= 15 is 0 Å². The van der Waals surface area contributed by atoms with E-state index in [4.69, 9.17) is 10.8 Å². The number of likely N-dealkylation sites (tertiary alicyclic amines) is 1. The fourth-order valence-electron chi connectivity index (χ4n) is 2.64. The number of nitrogens with two attached hydrogens (primary N) is 1. The third-order valence-corrected chi connectivity index (χ3v) is 3.46. The Morgan fingerprint density at radius 2 is 2.11 bits per heavy atom. The number of nitrogens with zero attached hydrogens (tertiary/aromatic N) is 1. The van der Waals surface area contributed by atoms with Gasteiger partial charge in [-0.15, -0.1) is 0 Å². The Bertz CT molecular complexity index is 305. The van der Waals surface area contributed by atoms with E-state index in [0.717, 1.165) is 19.3 Å². The Balaban J connectivity index is 2.65. The number of aliphatic carboxylic acids is 1. The zero-order chi connectivity index (χ0) is 13.7. The van der Waals surface area contributed by atoms with Crippen molar-refractivity contribution in [3.05, 3.63) is 0 Å². The summed E-state index contributed by atoms with van der Waals surface area (Å²) in [6.07, 6.45) is 2.50. The van der Waals surface area contributed by atoms with Crippen LogP contribution >= 0.6 is 0 Å². The standard InChI is InChI=1S/C13H24N2O3/c1-9(2)6-10(8-14)13(18)15-5-3-4-11(15)7-12(16)17/h9-11H,3-8,14H2,1-2H3,(H,16,17). The lowest BCUT2D eigenvalue weighted by atomic mass is 9.95. The molecule has 5 heteroatoms. The Labute approximate surface area is 108 Å². The third-order valence-electron chi connectivity index (χ3n) is 3.46. The average molecular weight is 256 g/mol. The van der Waals surface area contributed by atoms with Gasteiger partial charge in [0.05, 0.1) is 12.3 Å². The third kappa shape index (κ3) is 3.98. The minimum atomic E-state index is -0.840. The van der Waals surface area contributed by atoms with Gasteiger partial charge < -0.3 is 15.7 Å². The van der Waals surface area contributed by atoms with Crippen molar-refractivity contribution in [2.24, 2.45) is 17.6 Å². The molecule has 2 unspecified atom stereocenters. The second-order valence-electron chi connectivity index (χ2n) is 5.49. The predicted octanol–water partition coefficient (Wildman–Crippen LogP) is 1.07. The largest absolute Gasteiger partial charge is 0.481 e. The molecule has 0 radical (unpaired) electrons. The van der Waals surface area contributed by atoms with Gasteiger partial charge in [0.15, 0.2) is 0 Å². The lowest BCUT2D eigenvalue weighted by Crippen LogP contribution is -2.43. The van der Waals surface area contributed by atoms with Gasteiger partial charge in [0.25, 0.3) is 0 Å². The van der Waals surface area contributed by atoms with Crippen molar-refractivity contribution in [2.75, 3.05) is 13.1 Å². The highest BCUT2D eigenvalue weighted by Gasteiger charge is 2.33. The summed E-state index contributed by atoms with van der Waals surface area (Å²) in [6, 6.07) is -0.142. The van der Waals surface area contributed by atoms with Crippen molar-refractivity contribution in [3.8, 4) is 0 Å². The van der Waals surface area contributed by atoms with Gasteiger partial charge in [-0.1, -0.05) is 13.8 Å².